The number of thiocarbonyl (C=S) groups is 1. The van der Waals surface area contributed by atoms with Crippen LogP contribution < -0.4 is 11.1 Å². The summed E-state index contributed by atoms with van der Waals surface area (Å²) in [6, 6.07) is 0. The van der Waals surface area contributed by atoms with Crippen molar-refractivity contribution in [3.8, 4) is 0 Å². The number of rotatable bonds is 6. The van der Waals surface area contributed by atoms with Crippen molar-refractivity contribution in [2.75, 3.05) is 20.1 Å². The maximum absolute atomic E-state index is 11.3. The smallest absolute Gasteiger partial charge is 0.239 e. The number of nitrogens with two attached hydrogens (primary N) is 1. The van der Waals surface area contributed by atoms with E-state index in [9.17, 15) is 9.59 Å². The minimum Gasteiger partial charge on any atom is -0.393 e. The number of likely N-dealkylation sites (N-methyl/N-ethyl adjacent to an activating group) is 1. The lowest BCUT2D eigenvalue weighted by Gasteiger charge is -2.16. The lowest BCUT2D eigenvalue weighted by molar-refractivity contribution is -0.133. The van der Waals surface area contributed by atoms with E-state index in [-0.39, 0.29) is 29.8 Å². The van der Waals surface area contributed by atoms with Gasteiger partial charge in [-0.15, -0.1) is 0 Å². The molecule has 0 atom stereocenters. The molecule has 5 nitrogen and oxygen atoms in total. The Labute approximate surface area is 95.0 Å². The van der Waals surface area contributed by atoms with Gasteiger partial charge in [-0.05, 0) is 6.42 Å². The molecule has 0 rings (SSSR count). The average molecular weight is 231 g/mol. The van der Waals surface area contributed by atoms with E-state index < -0.39 is 0 Å². The number of nitrogens with zero attached hydrogens (tertiary/aromatic N) is 1. The zero-order valence-electron chi connectivity index (χ0n) is 9.08. The molecule has 0 fully saturated rings. The van der Waals surface area contributed by atoms with E-state index in [0.29, 0.717) is 6.54 Å². The number of carbonyl (C=O) groups is 2. The Bertz CT molecular complexity index is 256. The molecule has 3 N–H and O–H groups in total. The number of amides is 2. The van der Waals surface area contributed by atoms with Crippen molar-refractivity contribution in [3.05, 3.63) is 0 Å². The number of hydrogen-bond acceptors (Lipinski definition) is 3. The molecule has 0 spiro atoms. The van der Waals surface area contributed by atoms with Crippen LogP contribution in [0, 0.1) is 0 Å². The molecule has 86 valence electrons. The summed E-state index contributed by atoms with van der Waals surface area (Å²) in [5, 5.41) is 2.67. The molecule has 6 heteroatoms. The van der Waals surface area contributed by atoms with E-state index in [1.165, 1.54) is 4.90 Å². The zero-order valence-corrected chi connectivity index (χ0v) is 9.89. The fraction of sp³-hybridized carbons (Fsp3) is 0.667. The van der Waals surface area contributed by atoms with E-state index in [2.05, 4.69) is 17.5 Å². The molecule has 0 radical (unpaired) electrons. The van der Waals surface area contributed by atoms with Crippen molar-refractivity contribution < 1.29 is 9.59 Å². The Hall–Kier alpha value is -1.17. The average Bonchev–Trinajstić information content (AvgIpc) is 2.13. The summed E-state index contributed by atoms with van der Waals surface area (Å²) >= 11 is 4.60. The van der Waals surface area contributed by atoms with Crippen molar-refractivity contribution in [3.63, 3.8) is 0 Å². The van der Waals surface area contributed by atoms with Crippen LogP contribution in [-0.4, -0.2) is 41.8 Å². The standard InChI is InChI=1S/C9H17N3O2S/c1-3-4-11-8(13)6-12(2)9(14)5-7(10)15/h3-6H2,1-2H3,(H2,10,15)(H,11,13). The fourth-order valence-electron chi connectivity index (χ4n) is 0.908. The second kappa shape index (κ2) is 7.17. The second-order valence-electron chi connectivity index (χ2n) is 3.24. The molecule has 0 aliphatic carbocycles. The van der Waals surface area contributed by atoms with Gasteiger partial charge in [-0.3, -0.25) is 9.59 Å². The molecule has 0 aliphatic heterocycles. The summed E-state index contributed by atoms with van der Waals surface area (Å²) in [6.07, 6.45) is 0.878. The van der Waals surface area contributed by atoms with Gasteiger partial charge in [-0.25, -0.2) is 0 Å². The summed E-state index contributed by atoms with van der Waals surface area (Å²) in [5.74, 6) is -0.412. The molecular weight excluding hydrogens is 214 g/mol. The molecule has 0 aliphatic rings. The van der Waals surface area contributed by atoms with Crippen molar-refractivity contribution in [2.45, 2.75) is 19.8 Å². The van der Waals surface area contributed by atoms with Gasteiger partial charge in [-0.1, -0.05) is 19.1 Å². The monoisotopic (exact) mass is 231 g/mol. The van der Waals surface area contributed by atoms with Gasteiger partial charge < -0.3 is 16.0 Å². The van der Waals surface area contributed by atoms with Gasteiger partial charge in [0.25, 0.3) is 0 Å². The first-order chi connectivity index (χ1) is 6.97. The molecule has 0 saturated carbocycles. The SMILES string of the molecule is CCCNC(=O)CN(C)C(=O)CC(N)=S. The number of hydrogen-bond donors (Lipinski definition) is 2. The first-order valence-electron chi connectivity index (χ1n) is 4.76. The first kappa shape index (κ1) is 13.8. The van der Waals surface area contributed by atoms with Gasteiger partial charge in [0.2, 0.25) is 11.8 Å². The molecule has 15 heavy (non-hydrogen) atoms. The Morgan fingerprint density at radius 1 is 1.47 bits per heavy atom. The molecule has 2 amide bonds. The molecular formula is C9H17N3O2S. The molecule has 0 aromatic heterocycles. The maximum atomic E-state index is 11.3. The topological polar surface area (TPSA) is 75.4 Å². The molecule has 0 unspecified atom stereocenters. The van der Waals surface area contributed by atoms with Crippen LogP contribution in [0.3, 0.4) is 0 Å². The number of carbonyl (C=O) groups excluding carboxylic acids is 2. The van der Waals surface area contributed by atoms with Gasteiger partial charge in [0.1, 0.15) is 0 Å². The highest BCUT2D eigenvalue weighted by molar-refractivity contribution is 7.80. The Kier molecular flexibility index (Phi) is 6.61. The molecule has 0 aromatic rings. The second-order valence-corrected chi connectivity index (χ2v) is 3.77. The highest BCUT2D eigenvalue weighted by atomic mass is 32.1. The predicted molar refractivity (Wildman–Crippen MR) is 62.3 cm³/mol. The van der Waals surface area contributed by atoms with Crippen molar-refractivity contribution >= 4 is 29.0 Å². The van der Waals surface area contributed by atoms with Crippen LogP contribution in [0.4, 0.5) is 0 Å². The van der Waals surface area contributed by atoms with Crippen LogP contribution in [0.25, 0.3) is 0 Å². The summed E-state index contributed by atoms with van der Waals surface area (Å²) in [7, 11) is 1.55. The van der Waals surface area contributed by atoms with Crippen molar-refractivity contribution in [1.82, 2.24) is 10.2 Å². The molecule has 0 bridgehead atoms. The normalized spacial score (nSPS) is 9.47. The minimum atomic E-state index is -0.242. The molecule has 0 saturated heterocycles. The molecule has 0 aromatic carbocycles. The quantitative estimate of drug-likeness (QED) is 0.613. The van der Waals surface area contributed by atoms with Crippen molar-refractivity contribution in [2.24, 2.45) is 5.73 Å². The van der Waals surface area contributed by atoms with Gasteiger partial charge in [-0.2, -0.15) is 0 Å². The number of nitrogens with one attached hydrogen (secondary N) is 1. The van der Waals surface area contributed by atoms with Crippen LogP contribution in [0.2, 0.25) is 0 Å². The van der Waals surface area contributed by atoms with E-state index in [1.807, 2.05) is 6.92 Å². The lowest BCUT2D eigenvalue weighted by atomic mass is 10.3. The Balaban J connectivity index is 3.90. The Morgan fingerprint density at radius 2 is 2.07 bits per heavy atom. The zero-order chi connectivity index (χ0) is 11.8. The summed E-state index contributed by atoms with van der Waals surface area (Å²) < 4.78 is 0. The lowest BCUT2D eigenvalue weighted by Crippen LogP contribution is -2.39. The highest BCUT2D eigenvalue weighted by Crippen LogP contribution is 1.91. The van der Waals surface area contributed by atoms with Gasteiger partial charge in [0.15, 0.2) is 0 Å². The molecule has 0 heterocycles. The van der Waals surface area contributed by atoms with E-state index in [0.717, 1.165) is 6.42 Å². The fourth-order valence-corrected chi connectivity index (χ4v) is 1.03. The largest absolute Gasteiger partial charge is 0.393 e. The van der Waals surface area contributed by atoms with E-state index in [4.69, 9.17) is 5.73 Å². The third kappa shape index (κ3) is 6.84. The van der Waals surface area contributed by atoms with Crippen LogP contribution in [0.15, 0.2) is 0 Å². The summed E-state index contributed by atoms with van der Waals surface area (Å²) in [5.41, 5.74) is 5.23. The van der Waals surface area contributed by atoms with E-state index in [1.54, 1.807) is 7.05 Å². The summed E-state index contributed by atoms with van der Waals surface area (Å²) in [6.45, 7) is 2.62. The van der Waals surface area contributed by atoms with Crippen LogP contribution in [-0.2, 0) is 9.59 Å². The van der Waals surface area contributed by atoms with E-state index >= 15 is 0 Å². The predicted octanol–water partition coefficient (Wildman–Crippen LogP) is -0.353. The minimum absolute atomic E-state index is 0.00684. The van der Waals surface area contributed by atoms with Crippen molar-refractivity contribution in [1.29, 1.82) is 0 Å². The summed E-state index contributed by atoms with van der Waals surface area (Å²) in [4.78, 5) is 24.0. The first-order valence-corrected chi connectivity index (χ1v) is 5.17. The highest BCUT2D eigenvalue weighted by Gasteiger charge is 2.12. The van der Waals surface area contributed by atoms with Gasteiger partial charge >= 0.3 is 0 Å². The third-order valence-corrected chi connectivity index (χ3v) is 1.85. The van der Waals surface area contributed by atoms with Gasteiger partial charge in [0, 0.05) is 13.6 Å². The third-order valence-electron chi connectivity index (χ3n) is 1.70. The van der Waals surface area contributed by atoms with Crippen LogP contribution in [0.1, 0.15) is 19.8 Å². The van der Waals surface area contributed by atoms with Gasteiger partial charge in [0.05, 0.1) is 18.0 Å². The van der Waals surface area contributed by atoms with Crippen LogP contribution >= 0.6 is 12.2 Å². The maximum Gasteiger partial charge on any atom is 0.239 e. The Morgan fingerprint density at radius 3 is 2.53 bits per heavy atom. The van der Waals surface area contributed by atoms with Crippen LogP contribution in [0.5, 0.6) is 0 Å².